The van der Waals surface area contributed by atoms with E-state index < -0.39 is 0 Å². The van der Waals surface area contributed by atoms with Crippen LogP contribution in [0, 0.1) is 5.92 Å². The third-order valence-corrected chi connectivity index (χ3v) is 4.11. The van der Waals surface area contributed by atoms with E-state index in [9.17, 15) is 14.4 Å². The third kappa shape index (κ3) is 3.47. The van der Waals surface area contributed by atoms with E-state index in [1.807, 2.05) is 0 Å². The fourth-order valence-electron chi connectivity index (χ4n) is 2.80. The van der Waals surface area contributed by atoms with Gasteiger partial charge in [-0.3, -0.25) is 19.8 Å². The van der Waals surface area contributed by atoms with Gasteiger partial charge in [-0.25, -0.2) is 5.84 Å². The van der Waals surface area contributed by atoms with Crippen LogP contribution in [0.5, 0.6) is 0 Å². The number of hydrazine groups is 1. The zero-order valence-electron chi connectivity index (χ0n) is 11.6. The number of carbonyl (C=O) groups is 3. The molecular formula is C13H22N4O3. The van der Waals surface area contributed by atoms with Crippen molar-refractivity contribution < 1.29 is 14.4 Å². The zero-order valence-corrected chi connectivity index (χ0v) is 11.6. The van der Waals surface area contributed by atoms with Crippen LogP contribution in [0.15, 0.2) is 0 Å². The Kier molecular flexibility index (Phi) is 4.94. The van der Waals surface area contributed by atoms with Gasteiger partial charge in [0.25, 0.3) is 0 Å². The average molecular weight is 282 g/mol. The molecule has 0 saturated carbocycles. The summed E-state index contributed by atoms with van der Waals surface area (Å²) < 4.78 is 0. The van der Waals surface area contributed by atoms with Crippen molar-refractivity contribution in [2.75, 3.05) is 26.2 Å². The minimum absolute atomic E-state index is 0.0214. The van der Waals surface area contributed by atoms with E-state index in [0.29, 0.717) is 38.9 Å². The van der Waals surface area contributed by atoms with Crippen LogP contribution in [0.2, 0.25) is 0 Å². The first-order chi connectivity index (χ1) is 9.61. The molecule has 2 fully saturated rings. The van der Waals surface area contributed by atoms with E-state index in [-0.39, 0.29) is 30.2 Å². The van der Waals surface area contributed by atoms with Crippen molar-refractivity contribution in [3.63, 3.8) is 0 Å². The van der Waals surface area contributed by atoms with Crippen molar-refractivity contribution in [3.8, 4) is 0 Å². The summed E-state index contributed by atoms with van der Waals surface area (Å²) in [6.07, 6.45) is 3.69. The number of carbonyl (C=O) groups excluding carboxylic acids is 3. The van der Waals surface area contributed by atoms with Crippen molar-refractivity contribution in [1.82, 2.24) is 15.2 Å². The van der Waals surface area contributed by atoms with Crippen molar-refractivity contribution in [1.29, 1.82) is 0 Å². The fourth-order valence-corrected chi connectivity index (χ4v) is 2.80. The highest BCUT2D eigenvalue weighted by Crippen LogP contribution is 2.18. The Morgan fingerprint density at radius 3 is 2.50 bits per heavy atom. The molecule has 2 rings (SSSR count). The van der Waals surface area contributed by atoms with E-state index in [1.54, 1.807) is 9.80 Å². The van der Waals surface area contributed by atoms with E-state index in [2.05, 4.69) is 5.43 Å². The van der Waals surface area contributed by atoms with Crippen molar-refractivity contribution >= 4 is 17.7 Å². The summed E-state index contributed by atoms with van der Waals surface area (Å²) in [7, 11) is 0. The highest BCUT2D eigenvalue weighted by molar-refractivity contribution is 5.85. The van der Waals surface area contributed by atoms with E-state index in [0.717, 1.165) is 12.8 Å². The lowest BCUT2D eigenvalue weighted by Crippen LogP contribution is -2.48. The van der Waals surface area contributed by atoms with Gasteiger partial charge in [0.15, 0.2) is 0 Å². The molecule has 3 amide bonds. The van der Waals surface area contributed by atoms with Crippen LogP contribution in [0.4, 0.5) is 0 Å². The molecular weight excluding hydrogens is 260 g/mol. The molecule has 7 heteroatoms. The first kappa shape index (κ1) is 14.8. The Hall–Kier alpha value is -1.63. The normalized spacial score (nSPS) is 20.9. The predicted octanol–water partition coefficient (Wildman–Crippen LogP) is -0.773. The van der Waals surface area contributed by atoms with Crippen LogP contribution in [0.1, 0.15) is 32.1 Å². The molecule has 2 aliphatic rings. The van der Waals surface area contributed by atoms with Gasteiger partial charge in [-0.15, -0.1) is 0 Å². The molecule has 0 aliphatic carbocycles. The first-order valence-electron chi connectivity index (χ1n) is 7.18. The molecule has 0 aromatic rings. The fraction of sp³-hybridized carbons (Fsp3) is 0.769. The molecule has 0 spiro atoms. The topological polar surface area (TPSA) is 95.7 Å². The lowest BCUT2D eigenvalue weighted by molar-refractivity contribution is -0.143. The zero-order chi connectivity index (χ0) is 14.5. The number of nitrogens with two attached hydrogens (primary N) is 1. The quantitative estimate of drug-likeness (QED) is 0.403. The molecule has 0 aromatic heterocycles. The maximum atomic E-state index is 12.2. The van der Waals surface area contributed by atoms with Gasteiger partial charge in [-0.05, 0) is 25.7 Å². The molecule has 3 N–H and O–H groups in total. The Morgan fingerprint density at radius 1 is 1.20 bits per heavy atom. The summed E-state index contributed by atoms with van der Waals surface area (Å²) in [6, 6.07) is 0. The molecule has 2 saturated heterocycles. The maximum Gasteiger partial charge on any atom is 0.242 e. The highest BCUT2D eigenvalue weighted by atomic mass is 16.2. The second kappa shape index (κ2) is 6.69. The second-order valence-electron chi connectivity index (χ2n) is 5.44. The van der Waals surface area contributed by atoms with Gasteiger partial charge in [0.1, 0.15) is 0 Å². The van der Waals surface area contributed by atoms with Gasteiger partial charge >= 0.3 is 0 Å². The monoisotopic (exact) mass is 282 g/mol. The molecule has 7 nitrogen and oxygen atoms in total. The second-order valence-corrected chi connectivity index (χ2v) is 5.44. The molecule has 0 bridgehead atoms. The molecule has 0 aromatic carbocycles. The summed E-state index contributed by atoms with van der Waals surface area (Å²) in [6.45, 7) is 1.96. The lowest BCUT2D eigenvalue weighted by atomic mass is 9.96. The highest BCUT2D eigenvalue weighted by Gasteiger charge is 2.28. The predicted molar refractivity (Wildman–Crippen MR) is 72.1 cm³/mol. The van der Waals surface area contributed by atoms with Crippen LogP contribution < -0.4 is 11.3 Å². The van der Waals surface area contributed by atoms with E-state index in [1.165, 1.54) is 0 Å². The molecule has 0 radical (unpaired) electrons. The lowest BCUT2D eigenvalue weighted by Gasteiger charge is -2.33. The van der Waals surface area contributed by atoms with E-state index in [4.69, 9.17) is 5.84 Å². The Labute approximate surface area is 118 Å². The number of likely N-dealkylation sites (tertiary alicyclic amines) is 2. The van der Waals surface area contributed by atoms with Crippen LogP contribution >= 0.6 is 0 Å². The number of hydrogen-bond acceptors (Lipinski definition) is 4. The van der Waals surface area contributed by atoms with Gasteiger partial charge < -0.3 is 9.80 Å². The number of nitrogens with one attached hydrogen (secondary N) is 1. The number of nitrogens with zero attached hydrogens (tertiary/aromatic N) is 2. The molecule has 0 unspecified atom stereocenters. The summed E-state index contributed by atoms with van der Waals surface area (Å²) in [5.41, 5.74) is 2.15. The van der Waals surface area contributed by atoms with Crippen LogP contribution in [-0.4, -0.2) is 53.7 Å². The van der Waals surface area contributed by atoms with Gasteiger partial charge in [-0.2, -0.15) is 0 Å². The van der Waals surface area contributed by atoms with Crippen molar-refractivity contribution in [3.05, 3.63) is 0 Å². The maximum absolute atomic E-state index is 12.2. The number of hydrogen-bond donors (Lipinski definition) is 2. The number of piperidine rings is 2. The van der Waals surface area contributed by atoms with Gasteiger partial charge in [0.05, 0.1) is 6.54 Å². The molecule has 112 valence electrons. The Morgan fingerprint density at radius 2 is 1.90 bits per heavy atom. The summed E-state index contributed by atoms with van der Waals surface area (Å²) in [4.78, 5) is 38.6. The summed E-state index contributed by atoms with van der Waals surface area (Å²) in [5.74, 6) is 4.89. The number of amides is 3. The minimum atomic E-state index is -0.164. The Balaban J connectivity index is 1.79. The molecule has 2 aliphatic heterocycles. The SMILES string of the molecule is NNC(=O)C1CCN(C(=O)CN2CCCCC2=O)CC1. The largest absolute Gasteiger partial charge is 0.341 e. The molecule has 20 heavy (non-hydrogen) atoms. The number of rotatable bonds is 3. The van der Waals surface area contributed by atoms with Gasteiger partial charge in [-0.1, -0.05) is 0 Å². The third-order valence-electron chi connectivity index (χ3n) is 4.11. The van der Waals surface area contributed by atoms with Crippen molar-refractivity contribution in [2.45, 2.75) is 32.1 Å². The summed E-state index contributed by atoms with van der Waals surface area (Å²) >= 11 is 0. The smallest absolute Gasteiger partial charge is 0.242 e. The van der Waals surface area contributed by atoms with Gasteiger partial charge in [0, 0.05) is 32.0 Å². The molecule has 2 heterocycles. The van der Waals surface area contributed by atoms with Gasteiger partial charge in [0.2, 0.25) is 17.7 Å². The van der Waals surface area contributed by atoms with Crippen LogP contribution in [-0.2, 0) is 14.4 Å². The average Bonchev–Trinajstić information content (AvgIpc) is 2.49. The van der Waals surface area contributed by atoms with Crippen LogP contribution in [0.3, 0.4) is 0 Å². The standard InChI is InChI=1S/C13H22N4O3/c14-15-13(20)10-4-7-16(8-5-10)12(19)9-17-6-2-1-3-11(17)18/h10H,1-9,14H2,(H,15,20). The Bertz CT molecular complexity index is 391. The van der Waals surface area contributed by atoms with Crippen molar-refractivity contribution in [2.24, 2.45) is 11.8 Å². The first-order valence-corrected chi connectivity index (χ1v) is 7.18. The minimum Gasteiger partial charge on any atom is -0.341 e. The van der Waals surface area contributed by atoms with Crippen LogP contribution in [0.25, 0.3) is 0 Å². The summed E-state index contributed by atoms with van der Waals surface area (Å²) in [5, 5.41) is 0. The van der Waals surface area contributed by atoms with E-state index >= 15 is 0 Å². The molecule has 0 atom stereocenters.